The zero-order valence-electron chi connectivity index (χ0n) is 14.0. The summed E-state index contributed by atoms with van der Waals surface area (Å²) in [6.07, 6.45) is 0.824. The molecule has 1 heterocycles. The van der Waals surface area contributed by atoms with Crippen LogP contribution >= 0.6 is 22.9 Å². The van der Waals surface area contributed by atoms with Crippen molar-refractivity contribution in [2.45, 2.75) is 25.3 Å². The van der Waals surface area contributed by atoms with Crippen LogP contribution in [0, 0.1) is 12.7 Å². The molecule has 2 atom stereocenters. The van der Waals surface area contributed by atoms with Crippen LogP contribution in [-0.4, -0.2) is 16.9 Å². The first-order valence-corrected chi connectivity index (χ1v) is 9.51. The highest BCUT2D eigenvalue weighted by atomic mass is 35.5. The van der Waals surface area contributed by atoms with Crippen LogP contribution < -0.4 is 5.32 Å². The Morgan fingerprint density at radius 1 is 1.27 bits per heavy atom. The Hall–Kier alpha value is -2.24. The van der Waals surface area contributed by atoms with Crippen LogP contribution in [0.15, 0.2) is 48.5 Å². The molecule has 0 unspecified atom stereocenters. The molecule has 0 radical (unpaired) electrons. The molecule has 0 saturated heterocycles. The molecule has 1 N–H and O–H groups in total. The topological polar surface area (TPSA) is 42.0 Å². The average molecular weight is 387 g/mol. The van der Waals surface area contributed by atoms with Crippen LogP contribution in [0.4, 0.5) is 4.39 Å². The minimum Gasteiger partial charge on any atom is -0.348 e. The summed E-state index contributed by atoms with van der Waals surface area (Å²) in [5, 5.41) is 4.38. The lowest BCUT2D eigenvalue weighted by Gasteiger charge is -2.04. The minimum atomic E-state index is -0.248. The van der Waals surface area contributed by atoms with Gasteiger partial charge in [-0.15, -0.1) is 11.3 Å². The number of aromatic nitrogens is 1. The van der Waals surface area contributed by atoms with E-state index < -0.39 is 0 Å². The predicted molar refractivity (Wildman–Crippen MR) is 102 cm³/mol. The van der Waals surface area contributed by atoms with E-state index in [4.69, 9.17) is 11.6 Å². The van der Waals surface area contributed by atoms with Crippen LogP contribution in [0.2, 0.25) is 5.02 Å². The van der Waals surface area contributed by atoms with Gasteiger partial charge >= 0.3 is 0 Å². The number of nitrogens with one attached hydrogen (secondary N) is 1. The van der Waals surface area contributed by atoms with Crippen molar-refractivity contribution < 1.29 is 9.18 Å². The van der Waals surface area contributed by atoms with Gasteiger partial charge in [-0.2, -0.15) is 0 Å². The fourth-order valence-corrected chi connectivity index (χ4v) is 4.34. The molecule has 26 heavy (non-hydrogen) atoms. The minimum absolute atomic E-state index is 0.0366. The molecule has 1 aliphatic rings. The second-order valence-electron chi connectivity index (χ2n) is 6.39. The second kappa shape index (κ2) is 6.82. The fourth-order valence-electron chi connectivity index (χ4n) is 3.05. The molecular weight excluding hydrogens is 371 g/mol. The van der Waals surface area contributed by atoms with Gasteiger partial charge in [-0.05, 0) is 37.1 Å². The van der Waals surface area contributed by atoms with Crippen molar-refractivity contribution in [3.05, 3.63) is 75.5 Å². The molecule has 3 aromatic rings. The average Bonchev–Trinajstić information content (AvgIpc) is 3.27. The number of thiazole rings is 1. The number of nitrogens with zero attached hydrogens (tertiary/aromatic N) is 1. The van der Waals surface area contributed by atoms with Crippen molar-refractivity contribution in [2.24, 2.45) is 0 Å². The molecule has 1 aliphatic carbocycles. The number of benzene rings is 2. The van der Waals surface area contributed by atoms with E-state index in [9.17, 15) is 9.18 Å². The van der Waals surface area contributed by atoms with Crippen molar-refractivity contribution in [2.75, 3.05) is 0 Å². The monoisotopic (exact) mass is 386 g/mol. The molecule has 2 aromatic carbocycles. The van der Waals surface area contributed by atoms with Gasteiger partial charge in [0, 0.05) is 17.5 Å². The third-order valence-corrected chi connectivity index (χ3v) is 6.01. The Morgan fingerprint density at radius 3 is 2.85 bits per heavy atom. The summed E-state index contributed by atoms with van der Waals surface area (Å²) in [6, 6.07) is 14.0. The number of carbonyl (C=O) groups excluding carboxylic acids is 1. The zero-order chi connectivity index (χ0) is 18.3. The Bertz CT molecular complexity index is 987. The standard InChI is InChI=1S/C20H16ClFN2OS/c1-11-18(26-20(23-11)14-7-2-3-8-16(14)21)19(25)24-17-10-15(17)12-5-4-6-13(22)9-12/h2-9,15,17H,10H2,1H3,(H,24,25)/t15-,17+/m0/s1. The molecule has 0 spiro atoms. The van der Waals surface area contributed by atoms with Gasteiger partial charge < -0.3 is 5.32 Å². The van der Waals surface area contributed by atoms with Crippen LogP contribution in [0.3, 0.4) is 0 Å². The number of aryl methyl sites for hydroxylation is 1. The summed E-state index contributed by atoms with van der Waals surface area (Å²) in [4.78, 5) is 17.7. The number of hydrogen-bond acceptors (Lipinski definition) is 3. The van der Waals surface area contributed by atoms with E-state index in [2.05, 4.69) is 10.3 Å². The van der Waals surface area contributed by atoms with Crippen molar-refractivity contribution >= 4 is 28.8 Å². The van der Waals surface area contributed by atoms with E-state index in [0.29, 0.717) is 15.6 Å². The predicted octanol–water partition coefficient (Wildman–Crippen LogP) is 5.20. The maximum atomic E-state index is 13.4. The number of halogens is 2. The van der Waals surface area contributed by atoms with Gasteiger partial charge in [0.15, 0.2) is 0 Å². The molecule has 3 nitrogen and oxygen atoms in total. The molecule has 1 aromatic heterocycles. The summed E-state index contributed by atoms with van der Waals surface area (Å²) in [6.45, 7) is 1.82. The number of hydrogen-bond donors (Lipinski definition) is 1. The number of carbonyl (C=O) groups is 1. The second-order valence-corrected chi connectivity index (χ2v) is 7.80. The van der Waals surface area contributed by atoms with Crippen LogP contribution in [0.5, 0.6) is 0 Å². The summed E-state index contributed by atoms with van der Waals surface area (Å²) in [5.74, 6) is -0.213. The van der Waals surface area contributed by atoms with Gasteiger partial charge in [0.2, 0.25) is 0 Å². The molecule has 0 bridgehead atoms. The van der Waals surface area contributed by atoms with Gasteiger partial charge in [-0.3, -0.25) is 4.79 Å². The van der Waals surface area contributed by atoms with Gasteiger partial charge in [0.05, 0.1) is 10.7 Å². The van der Waals surface area contributed by atoms with Crippen LogP contribution in [-0.2, 0) is 0 Å². The summed E-state index contributed by atoms with van der Waals surface area (Å²) < 4.78 is 13.4. The lowest BCUT2D eigenvalue weighted by atomic mass is 10.1. The van der Waals surface area contributed by atoms with Crippen molar-refractivity contribution in [1.82, 2.24) is 10.3 Å². The number of amides is 1. The molecular formula is C20H16ClFN2OS. The van der Waals surface area contributed by atoms with Gasteiger partial charge in [0.25, 0.3) is 5.91 Å². The normalized spacial score (nSPS) is 18.6. The van der Waals surface area contributed by atoms with E-state index >= 15 is 0 Å². The first kappa shape index (κ1) is 17.2. The zero-order valence-corrected chi connectivity index (χ0v) is 15.6. The van der Waals surface area contributed by atoms with E-state index in [0.717, 1.165) is 22.6 Å². The van der Waals surface area contributed by atoms with E-state index in [1.807, 2.05) is 31.2 Å². The highest BCUT2D eigenvalue weighted by Gasteiger charge is 2.40. The van der Waals surface area contributed by atoms with E-state index in [-0.39, 0.29) is 23.7 Å². The third-order valence-electron chi connectivity index (χ3n) is 4.49. The summed E-state index contributed by atoms with van der Waals surface area (Å²) >= 11 is 7.57. The Morgan fingerprint density at radius 2 is 2.08 bits per heavy atom. The summed E-state index contributed by atoms with van der Waals surface area (Å²) in [7, 11) is 0. The van der Waals surface area contributed by atoms with Crippen molar-refractivity contribution in [3.63, 3.8) is 0 Å². The van der Waals surface area contributed by atoms with Crippen LogP contribution in [0.1, 0.15) is 33.3 Å². The van der Waals surface area contributed by atoms with Crippen molar-refractivity contribution in [3.8, 4) is 10.6 Å². The van der Waals surface area contributed by atoms with Gasteiger partial charge in [0.1, 0.15) is 15.7 Å². The molecule has 1 amide bonds. The fraction of sp³-hybridized carbons (Fsp3) is 0.200. The van der Waals surface area contributed by atoms with Gasteiger partial charge in [-0.25, -0.2) is 9.37 Å². The van der Waals surface area contributed by atoms with Gasteiger partial charge in [-0.1, -0.05) is 41.9 Å². The SMILES string of the molecule is Cc1nc(-c2ccccc2Cl)sc1C(=O)N[C@@H]1C[C@H]1c1cccc(F)c1. The highest BCUT2D eigenvalue weighted by Crippen LogP contribution is 2.41. The molecule has 1 fully saturated rings. The van der Waals surface area contributed by atoms with Crippen molar-refractivity contribution in [1.29, 1.82) is 0 Å². The molecule has 132 valence electrons. The van der Waals surface area contributed by atoms with E-state index in [1.54, 1.807) is 12.1 Å². The quantitative estimate of drug-likeness (QED) is 0.669. The molecule has 0 aliphatic heterocycles. The molecule has 1 saturated carbocycles. The first-order valence-electron chi connectivity index (χ1n) is 8.31. The third kappa shape index (κ3) is 3.37. The summed E-state index contributed by atoms with van der Waals surface area (Å²) in [5.41, 5.74) is 2.43. The number of rotatable bonds is 4. The molecule has 6 heteroatoms. The molecule has 4 rings (SSSR count). The maximum absolute atomic E-state index is 13.4. The smallest absolute Gasteiger partial charge is 0.263 e. The lowest BCUT2D eigenvalue weighted by Crippen LogP contribution is -2.26. The Labute approximate surface area is 159 Å². The van der Waals surface area contributed by atoms with E-state index in [1.165, 1.54) is 23.5 Å². The maximum Gasteiger partial charge on any atom is 0.263 e. The largest absolute Gasteiger partial charge is 0.348 e. The lowest BCUT2D eigenvalue weighted by molar-refractivity contribution is 0.0953. The Balaban J connectivity index is 1.49. The van der Waals surface area contributed by atoms with Crippen LogP contribution in [0.25, 0.3) is 10.6 Å². The Kier molecular flexibility index (Phi) is 4.51. The first-order chi connectivity index (χ1) is 12.5. The highest BCUT2D eigenvalue weighted by molar-refractivity contribution is 7.17.